The number of benzene rings is 1. The van der Waals surface area contributed by atoms with Gasteiger partial charge in [0.25, 0.3) is 0 Å². The molecule has 2 fully saturated rings. The van der Waals surface area contributed by atoms with E-state index in [9.17, 15) is 4.79 Å². The third-order valence-corrected chi connectivity index (χ3v) is 6.99. The Morgan fingerprint density at radius 1 is 0.815 bits per heavy atom. The smallest absolute Gasteiger partial charge is 0.314 e. The number of ether oxygens (including phenoxy) is 1. The highest BCUT2D eigenvalue weighted by molar-refractivity contribution is 5.75. The molecule has 0 bridgehead atoms. The third kappa shape index (κ3) is 5.83. The van der Waals surface area contributed by atoms with E-state index in [1.54, 1.807) is 0 Å². The minimum absolute atomic E-state index is 0.0160. The Morgan fingerprint density at radius 3 is 1.85 bits per heavy atom. The van der Waals surface area contributed by atoms with E-state index < -0.39 is 0 Å². The van der Waals surface area contributed by atoms with Crippen LogP contribution in [0.5, 0.6) is 5.75 Å². The van der Waals surface area contributed by atoms with Gasteiger partial charge in [-0.2, -0.15) is 0 Å². The van der Waals surface area contributed by atoms with Crippen LogP contribution in [-0.2, 0) is 4.79 Å². The summed E-state index contributed by atoms with van der Waals surface area (Å²) in [4.78, 5) is 12.5. The lowest BCUT2D eigenvalue weighted by Gasteiger charge is -2.29. The molecule has 2 saturated carbocycles. The number of hydrogen-bond acceptors (Lipinski definition) is 2. The van der Waals surface area contributed by atoms with Gasteiger partial charge in [-0.1, -0.05) is 51.7 Å². The molecule has 0 radical (unpaired) electrons. The maximum Gasteiger partial charge on any atom is 0.314 e. The molecule has 1 aromatic carbocycles. The number of esters is 1. The van der Waals surface area contributed by atoms with Crippen molar-refractivity contribution in [3.8, 4) is 5.75 Å². The zero-order valence-electron chi connectivity index (χ0n) is 17.4. The zero-order chi connectivity index (χ0) is 19.1. The quantitative estimate of drug-likeness (QED) is 0.372. The normalized spacial score (nSPS) is 28.7. The van der Waals surface area contributed by atoms with Crippen LogP contribution in [0.1, 0.15) is 102 Å². The Balaban J connectivity index is 1.46. The Labute approximate surface area is 166 Å². The molecule has 0 amide bonds. The highest BCUT2D eigenvalue weighted by Gasteiger charge is 2.27. The van der Waals surface area contributed by atoms with Crippen LogP contribution in [0.25, 0.3) is 0 Å². The van der Waals surface area contributed by atoms with Crippen LogP contribution in [-0.4, -0.2) is 5.97 Å². The fourth-order valence-corrected chi connectivity index (χ4v) is 5.30. The molecular weight excluding hydrogens is 332 g/mol. The van der Waals surface area contributed by atoms with Crippen molar-refractivity contribution in [1.82, 2.24) is 0 Å². The predicted octanol–water partition coefficient (Wildman–Crippen LogP) is 7.27. The van der Waals surface area contributed by atoms with Crippen molar-refractivity contribution in [3.05, 3.63) is 29.8 Å². The summed E-state index contributed by atoms with van der Waals surface area (Å²) in [6.07, 6.45) is 15.0. The van der Waals surface area contributed by atoms with Crippen molar-refractivity contribution in [2.24, 2.45) is 17.8 Å². The fourth-order valence-electron chi connectivity index (χ4n) is 5.30. The molecule has 0 saturated heterocycles. The Morgan fingerprint density at radius 2 is 1.33 bits per heavy atom. The molecule has 2 aliphatic rings. The van der Waals surface area contributed by atoms with E-state index >= 15 is 0 Å². The van der Waals surface area contributed by atoms with Gasteiger partial charge < -0.3 is 4.74 Å². The fraction of sp³-hybridized carbons (Fsp3) is 0.720. The van der Waals surface area contributed by atoms with Crippen LogP contribution in [0.15, 0.2) is 24.3 Å². The molecule has 0 unspecified atom stereocenters. The van der Waals surface area contributed by atoms with Crippen molar-refractivity contribution >= 4 is 5.97 Å². The number of carbonyl (C=O) groups is 1. The van der Waals surface area contributed by atoms with Crippen LogP contribution >= 0.6 is 0 Å². The highest BCUT2D eigenvalue weighted by atomic mass is 16.5. The van der Waals surface area contributed by atoms with Crippen molar-refractivity contribution < 1.29 is 9.53 Å². The van der Waals surface area contributed by atoms with E-state index in [0.717, 1.165) is 30.4 Å². The molecule has 2 aliphatic carbocycles. The van der Waals surface area contributed by atoms with Gasteiger partial charge in [0.15, 0.2) is 0 Å². The standard InChI is InChI=1S/C25H38O2/c1-3-5-19-7-11-21(12-8-19)22-15-17-24(18-16-22)27-25(26)23-13-9-20(6-4-2)10-14-23/h15-21,23H,3-14H2,1-2H3. The minimum Gasteiger partial charge on any atom is -0.426 e. The summed E-state index contributed by atoms with van der Waals surface area (Å²) in [6.45, 7) is 4.55. The molecule has 0 heterocycles. The summed E-state index contributed by atoms with van der Waals surface area (Å²) >= 11 is 0. The van der Waals surface area contributed by atoms with Gasteiger partial charge in [0.1, 0.15) is 5.75 Å². The lowest BCUT2D eigenvalue weighted by molar-refractivity contribution is -0.140. The van der Waals surface area contributed by atoms with E-state index in [4.69, 9.17) is 4.74 Å². The Bertz CT molecular complexity index is 560. The summed E-state index contributed by atoms with van der Waals surface area (Å²) in [5.74, 6) is 3.27. The second kappa shape index (κ2) is 10.3. The van der Waals surface area contributed by atoms with Gasteiger partial charge >= 0.3 is 5.97 Å². The van der Waals surface area contributed by atoms with Gasteiger partial charge in [0, 0.05) is 0 Å². The number of carbonyl (C=O) groups excluding carboxylic acids is 1. The lowest BCUT2D eigenvalue weighted by atomic mass is 9.77. The van der Waals surface area contributed by atoms with Gasteiger partial charge in [0.05, 0.1) is 5.92 Å². The first kappa shape index (κ1) is 20.4. The second-order valence-electron chi connectivity index (χ2n) is 9.00. The molecular formula is C25H38O2. The van der Waals surface area contributed by atoms with Crippen LogP contribution in [0, 0.1) is 17.8 Å². The van der Waals surface area contributed by atoms with Gasteiger partial charge in [-0.25, -0.2) is 0 Å². The summed E-state index contributed by atoms with van der Waals surface area (Å²) in [5.41, 5.74) is 1.42. The van der Waals surface area contributed by atoms with Gasteiger partial charge in [0.2, 0.25) is 0 Å². The average Bonchev–Trinajstić information content (AvgIpc) is 2.70. The molecule has 0 spiro atoms. The second-order valence-corrected chi connectivity index (χ2v) is 9.00. The molecule has 1 aromatic rings. The van der Waals surface area contributed by atoms with Crippen LogP contribution in [0.3, 0.4) is 0 Å². The third-order valence-electron chi connectivity index (χ3n) is 6.99. The lowest BCUT2D eigenvalue weighted by Crippen LogP contribution is -2.25. The molecule has 0 aliphatic heterocycles. The van der Waals surface area contributed by atoms with E-state index in [-0.39, 0.29) is 11.9 Å². The highest BCUT2D eigenvalue weighted by Crippen LogP contribution is 2.38. The maximum absolute atomic E-state index is 12.5. The molecule has 0 N–H and O–H groups in total. The number of hydrogen-bond donors (Lipinski definition) is 0. The zero-order valence-corrected chi connectivity index (χ0v) is 17.4. The average molecular weight is 371 g/mol. The molecule has 3 rings (SSSR count). The van der Waals surface area contributed by atoms with Crippen LogP contribution in [0.2, 0.25) is 0 Å². The van der Waals surface area contributed by atoms with E-state index in [1.165, 1.54) is 69.8 Å². The van der Waals surface area contributed by atoms with Gasteiger partial charge in [-0.05, 0) is 86.8 Å². The van der Waals surface area contributed by atoms with Crippen molar-refractivity contribution in [1.29, 1.82) is 0 Å². The molecule has 150 valence electrons. The Hall–Kier alpha value is -1.31. The van der Waals surface area contributed by atoms with E-state index in [1.807, 2.05) is 12.1 Å². The van der Waals surface area contributed by atoms with Gasteiger partial charge in [-0.15, -0.1) is 0 Å². The summed E-state index contributed by atoms with van der Waals surface area (Å²) in [5, 5.41) is 0. The maximum atomic E-state index is 12.5. The first-order valence-corrected chi connectivity index (χ1v) is 11.5. The number of rotatable bonds is 7. The molecule has 0 aromatic heterocycles. The summed E-state index contributed by atoms with van der Waals surface area (Å²) in [6, 6.07) is 8.39. The molecule has 27 heavy (non-hydrogen) atoms. The topological polar surface area (TPSA) is 26.3 Å². The van der Waals surface area contributed by atoms with Gasteiger partial charge in [-0.3, -0.25) is 4.79 Å². The molecule has 2 heteroatoms. The minimum atomic E-state index is -0.0160. The Kier molecular flexibility index (Phi) is 7.79. The van der Waals surface area contributed by atoms with Crippen LogP contribution in [0.4, 0.5) is 0 Å². The van der Waals surface area contributed by atoms with Crippen molar-refractivity contribution in [2.75, 3.05) is 0 Å². The first-order chi connectivity index (χ1) is 13.2. The van der Waals surface area contributed by atoms with E-state index in [2.05, 4.69) is 26.0 Å². The molecule has 2 nitrogen and oxygen atoms in total. The van der Waals surface area contributed by atoms with Crippen molar-refractivity contribution in [2.45, 2.75) is 96.8 Å². The first-order valence-electron chi connectivity index (χ1n) is 11.5. The molecule has 0 atom stereocenters. The SMILES string of the molecule is CCCC1CCC(C(=O)Oc2ccc(C3CCC(CCC)CC3)cc2)CC1. The summed E-state index contributed by atoms with van der Waals surface area (Å²) < 4.78 is 5.70. The largest absolute Gasteiger partial charge is 0.426 e. The van der Waals surface area contributed by atoms with Crippen molar-refractivity contribution in [3.63, 3.8) is 0 Å². The van der Waals surface area contributed by atoms with Crippen LogP contribution < -0.4 is 4.74 Å². The predicted molar refractivity (Wildman–Crippen MR) is 112 cm³/mol. The monoisotopic (exact) mass is 370 g/mol. The summed E-state index contributed by atoms with van der Waals surface area (Å²) in [7, 11) is 0. The van der Waals surface area contributed by atoms with E-state index in [0.29, 0.717) is 5.92 Å².